The highest BCUT2D eigenvalue weighted by Crippen LogP contribution is 2.38. The Morgan fingerprint density at radius 1 is 0.677 bits per heavy atom. The quantitative estimate of drug-likeness (QED) is 0.338. The zero-order chi connectivity index (χ0) is 21.1. The summed E-state index contributed by atoms with van der Waals surface area (Å²) in [6.45, 7) is 0. The van der Waals surface area contributed by atoms with Gasteiger partial charge in [-0.2, -0.15) is 0 Å². The van der Waals surface area contributed by atoms with E-state index in [4.69, 9.17) is 4.98 Å². The molecule has 0 fully saturated rings. The molecule has 0 spiro atoms. The molecule has 0 aliphatic rings. The van der Waals surface area contributed by atoms with Gasteiger partial charge in [-0.25, -0.2) is 4.98 Å². The number of hydrogen-bond donors (Lipinski definition) is 1. The maximum absolute atomic E-state index is 12.3. The maximum Gasteiger partial charge on any atom is 0.173 e. The summed E-state index contributed by atoms with van der Waals surface area (Å²) in [5.74, 6) is 1.26. The third kappa shape index (κ3) is 3.65. The lowest BCUT2D eigenvalue weighted by Gasteiger charge is -2.29. The summed E-state index contributed by atoms with van der Waals surface area (Å²) in [6.07, 6.45) is 0. The predicted octanol–water partition coefficient (Wildman–Crippen LogP) is 6.07. The molecule has 0 bridgehead atoms. The van der Waals surface area contributed by atoms with E-state index >= 15 is 0 Å². The molecule has 0 amide bonds. The fraction of sp³-hybridized carbons (Fsp3) is 0.0741. The van der Waals surface area contributed by atoms with E-state index in [0.29, 0.717) is 11.7 Å². The van der Waals surface area contributed by atoms with Gasteiger partial charge in [-0.15, -0.1) is 11.8 Å². The van der Waals surface area contributed by atoms with Gasteiger partial charge in [0, 0.05) is 4.90 Å². The second kappa shape index (κ2) is 8.42. The Balaban J connectivity index is 1.71. The number of para-hydroxylation sites is 2. The summed E-state index contributed by atoms with van der Waals surface area (Å²) in [4.78, 5) is 6.12. The average Bonchev–Trinajstić information content (AvgIpc) is 3.23. The van der Waals surface area contributed by atoms with Crippen molar-refractivity contribution >= 4 is 22.8 Å². The van der Waals surface area contributed by atoms with Crippen LogP contribution in [0.2, 0.25) is 0 Å². The molecule has 1 aromatic heterocycles. The summed E-state index contributed by atoms with van der Waals surface area (Å²) < 4.78 is 2.13. The molecule has 1 N–H and O–H groups in total. The Labute approximate surface area is 186 Å². The van der Waals surface area contributed by atoms with Crippen molar-refractivity contribution in [3.63, 3.8) is 0 Å². The Kier molecular flexibility index (Phi) is 5.33. The van der Waals surface area contributed by atoms with Crippen LogP contribution in [0.25, 0.3) is 11.0 Å². The Morgan fingerprint density at radius 3 is 1.81 bits per heavy atom. The Morgan fingerprint density at radius 2 is 1.19 bits per heavy atom. The second-order valence-corrected chi connectivity index (χ2v) is 8.40. The van der Waals surface area contributed by atoms with Gasteiger partial charge >= 0.3 is 0 Å². The van der Waals surface area contributed by atoms with Gasteiger partial charge in [0.25, 0.3) is 0 Å². The van der Waals surface area contributed by atoms with Gasteiger partial charge in [0.15, 0.2) is 11.4 Å². The molecule has 0 aliphatic carbocycles. The van der Waals surface area contributed by atoms with Crippen molar-refractivity contribution in [2.24, 2.45) is 0 Å². The van der Waals surface area contributed by atoms with E-state index in [1.807, 2.05) is 97.1 Å². The highest BCUT2D eigenvalue weighted by atomic mass is 32.2. The predicted molar refractivity (Wildman–Crippen MR) is 127 cm³/mol. The first-order valence-electron chi connectivity index (χ1n) is 10.2. The van der Waals surface area contributed by atoms with Crippen LogP contribution in [0.1, 0.15) is 17.0 Å². The minimum Gasteiger partial charge on any atom is -0.373 e. The number of aliphatic hydroxyl groups is 1. The van der Waals surface area contributed by atoms with Crippen LogP contribution in [0, 0.1) is 0 Å². The third-order valence-electron chi connectivity index (χ3n) is 5.46. The normalized spacial score (nSPS) is 11.6. The van der Waals surface area contributed by atoms with Crippen LogP contribution in [0.15, 0.2) is 120 Å². The number of fused-ring (bicyclic) bond motifs is 1. The van der Waals surface area contributed by atoms with Gasteiger partial charge in [0.05, 0.1) is 16.9 Å². The number of benzene rings is 4. The average molecular weight is 423 g/mol. The fourth-order valence-electron chi connectivity index (χ4n) is 3.92. The Bertz CT molecular complexity index is 1240. The topological polar surface area (TPSA) is 38.1 Å². The minimum atomic E-state index is -1.38. The van der Waals surface area contributed by atoms with Crippen molar-refractivity contribution in [1.29, 1.82) is 0 Å². The van der Waals surface area contributed by atoms with Crippen LogP contribution < -0.4 is 0 Å². The van der Waals surface area contributed by atoms with Crippen LogP contribution in [0.3, 0.4) is 0 Å². The van der Waals surface area contributed by atoms with Gasteiger partial charge in [0.1, 0.15) is 0 Å². The van der Waals surface area contributed by atoms with E-state index in [9.17, 15) is 5.11 Å². The third-order valence-corrected chi connectivity index (χ3v) is 6.46. The largest absolute Gasteiger partial charge is 0.373 e. The van der Waals surface area contributed by atoms with Crippen molar-refractivity contribution in [2.45, 2.75) is 16.4 Å². The Hall–Kier alpha value is -3.34. The molecule has 0 unspecified atom stereocenters. The molecule has 1 heterocycles. The van der Waals surface area contributed by atoms with E-state index < -0.39 is 5.60 Å². The van der Waals surface area contributed by atoms with Crippen LogP contribution in [-0.2, 0) is 11.5 Å². The number of hydrogen-bond acceptors (Lipinski definition) is 3. The molecule has 0 atom stereocenters. The monoisotopic (exact) mass is 422 g/mol. The van der Waals surface area contributed by atoms with Gasteiger partial charge in [-0.3, -0.25) is 0 Å². The molecule has 0 saturated heterocycles. The van der Waals surface area contributed by atoms with Crippen molar-refractivity contribution in [3.05, 3.63) is 132 Å². The molecule has 0 aliphatic heterocycles. The molecule has 31 heavy (non-hydrogen) atoms. The second-order valence-electron chi connectivity index (χ2n) is 7.38. The number of aromatic nitrogens is 2. The fourth-order valence-corrected chi connectivity index (χ4v) is 4.81. The van der Waals surface area contributed by atoms with Crippen LogP contribution in [-0.4, -0.2) is 14.7 Å². The lowest BCUT2D eigenvalue weighted by molar-refractivity contribution is 0.113. The van der Waals surface area contributed by atoms with Crippen molar-refractivity contribution in [2.75, 3.05) is 0 Å². The molecule has 0 radical (unpaired) electrons. The van der Waals surface area contributed by atoms with Crippen molar-refractivity contribution in [3.8, 4) is 0 Å². The summed E-state index contributed by atoms with van der Waals surface area (Å²) in [5.41, 5.74) is 2.09. The molecular weight excluding hydrogens is 400 g/mol. The summed E-state index contributed by atoms with van der Waals surface area (Å²) in [6, 6.07) is 37.9. The number of imidazole rings is 1. The molecule has 3 nitrogen and oxygen atoms in total. The van der Waals surface area contributed by atoms with E-state index in [-0.39, 0.29) is 0 Å². The SMILES string of the molecule is OC(c1ccccc1)(c1ccccc1)c1nc2ccccc2n1CSc1ccccc1. The van der Waals surface area contributed by atoms with E-state index in [0.717, 1.165) is 22.2 Å². The van der Waals surface area contributed by atoms with Crippen molar-refractivity contribution in [1.82, 2.24) is 9.55 Å². The van der Waals surface area contributed by atoms with E-state index in [2.05, 4.69) is 22.8 Å². The minimum absolute atomic E-state index is 0.620. The smallest absolute Gasteiger partial charge is 0.173 e. The van der Waals surface area contributed by atoms with Crippen LogP contribution in [0.5, 0.6) is 0 Å². The van der Waals surface area contributed by atoms with Gasteiger partial charge in [0.2, 0.25) is 0 Å². The molecule has 4 aromatic carbocycles. The summed E-state index contributed by atoms with van der Waals surface area (Å²) in [7, 11) is 0. The standard InChI is InChI=1S/C27H22N2OS/c30-27(21-12-4-1-5-13-21,22-14-6-2-7-15-22)26-28-24-18-10-11-19-25(24)29(26)20-31-23-16-8-3-9-17-23/h1-19,30H,20H2. The first-order chi connectivity index (χ1) is 15.3. The van der Waals surface area contributed by atoms with Crippen LogP contribution >= 0.6 is 11.8 Å². The van der Waals surface area contributed by atoms with Crippen LogP contribution in [0.4, 0.5) is 0 Å². The highest BCUT2D eigenvalue weighted by Gasteiger charge is 2.38. The molecule has 5 aromatic rings. The zero-order valence-electron chi connectivity index (χ0n) is 16.9. The number of thioether (sulfide) groups is 1. The van der Waals surface area contributed by atoms with Gasteiger partial charge in [-0.1, -0.05) is 91.0 Å². The highest BCUT2D eigenvalue weighted by molar-refractivity contribution is 7.98. The summed E-state index contributed by atoms with van der Waals surface area (Å²) >= 11 is 1.73. The number of nitrogens with zero attached hydrogens (tertiary/aromatic N) is 2. The molecule has 0 saturated carbocycles. The molecule has 5 rings (SSSR count). The lowest BCUT2D eigenvalue weighted by Crippen LogP contribution is -2.32. The molecule has 4 heteroatoms. The van der Waals surface area contributed by atoms with Crippen molar-refractivity contribution < 1.29 is 5.11 Å². The molecule has 152 valence electrons. The van der Waals surface area contributed by atoms with Gasteiger partial charge in [-0.05, 0) is 35.4 Å². The number of rotatable bonds is 6. The lowest BCUT2D eigenvalue weighted by atomic mass is 9.85. The maximum atomic E-state index is 12.3. The summed E-state index contributed by atoms with van der Waals surface area (Å²) in [5, 5.41) is 12.3. The van der Waals surface area contributed by atoms with Gasteiger partial charge < -0.3 is 9.67 Å². The first-order valence-corrected chi connectivity index (χ1v) is 11.2. The van der Waals surface area contributed by atoms with E-state index in [1.54, 1.807) is 11.8 Å². The molecular formula is C27H22N2OS. The first kappa shape index (κ1) is 19.6. The zero-order valence-corrected chi connectivity index (χ0v) is 17.7. The van der Waals surface area contributed by atoms with E-state index in [1.165, 1.54) is 4.90 Å².